The zero-order chi connectivity index (χ0) is 19.2. The minimum absolute atomic E-state index is 0.116. The number of carbonyl (C=O) groups is 1. The second-order valence-electron chi connectivity index (χ2n) is 8.52. The molecule has 1 aromatic rings. The van der Waals surface area contributed by atoms with E-state index in [1.54, 1.807) is 0 Å². The molecule has 26 heavy (non-hydrogen) atoms. The number of carbonyl (C=O) groups excluding carboxylic acids is 1. The first-order valence-corrected chi connectivity index (χ1v) is 9.10. The lowest BCUT2D eigenvalue weighted by Gasteiger charge is -2.30. The number of benzene rings is 1. The van der Waals surface area contributed by atoms with Crippen LogP contribution in [0.15, 0.2) is 29.3 Å². The number of amides is 1. The molecule has 0 aromatic heterocycles. The molecule has 142 valence electrons. The summed E-state index contributed by atoms with van der Waals surface area (Å²) in [5.74, 6) is 0.171. The lowest BCUT2D eigenvalue weighted by molar-refractivity contribution is -0.137. The van der Waals surface area contributed by atoms with Gasteiger partial charge in [0.1, 0.15) is 11.4 Å². The normalized spacial score (nSPS) is 27.2. The summed E-state index contributed by atoms with van der Waals surface area (Å²) in [6, 6.07) is 4.85. The van der Waals surface area contributed by atoms with Gasteiger partial charge in [0.05, 0.1) is 5.56 Å². The zero-order valence-corrected chi connectivity index (χ0v) is 15.4. The Balaban J connectivity index is 1.88. The number of hydrogen-bond donors (Lipinski definition) is 1. The van der Waals surface area contributed by atoms with E-state index in [1.165, 1.54) is 12.1 Å². The molecule has 3 rings (SSSR count). The number of halogens is 3. The molecule has 6 heteroatoms. The van der Waals surface area contributed by atoms with E-state index in [4.69, 9.17) is 0 Å². The van der Waals surface area contributed by atoms with Crippen molar-refractivity contribution in [2.24, 2.45) is 16.3 Å². The first-order chi connectivity index (χ1) is 12.0. The van der Waals surface area contributed by atoms with Crippen molar-refractivity contribution in [3.63, 3.8) is 0 Å². The van der Waals surface area contributed by atoms with Crippen LogP contribution in [-0.2, 0) is 11.0 Å². The van der Waals surface area contributed by atoms with E-state index in [0.29, 0.717) is 5.92 Å². The fourth-order valence-corrected chi connectivity index (χ4v) is 4.03. The highest BCUT2D eigenvalue weighted by atomic mass is 19.4. The maximum atomic E-state index is 13.0. The van der Waals surface area contributed by atoms with Crippen LogP contribution in [0.4, 0.5) is 13.2 Å². The summed E-state index contributed by atoms with van der Waals surface area (Å²) >= 11 is 0. The maximum Gasteiger partial charge on any atom is 0.416 e. The number of aliphatic imine (C=N–C) groups is 1. The summed E-state index contributed by atoms with van der Waals surface area (Å²) in [4.78, 5) is 17.1. The van der Waals surface area contributed by atoms with Crippen LogP contribution < -0.4 is 5.32 Å². The number of alkyl halides is 3. The number of nitrogens with zero attached hydrogens (tertiary/aromatic N) is 1. The van der Waals surface area contributed by atoms with Crippen molar-refractivity contribution in [2.45, 2.75) is 64.7 Å². The van der Waals surface area contributed by atoms with Crippen molar-refractivity contribution in [2.75, 3.05) is 0 Å². The summed E-state index contributed by atoms with van der Waals surface area (Å²) in [5.41, 5.74) is -0.890. The highest BCUT2D eigenvalue weighted by molar-refractivity contribution is 6.46. The van der Waals surface area contributed by atoms with E-state index in [2.05, 4.69) is 31.1 Å². The predicted molar refractivity (Wildman–Crippen MR) is 94.9 cm³/mol. The fourth-order valence-electron chi connectivity index (χ4n) is 4.03. The van der Waals surface area contributed by atoms with E-state index in [-0.39, 0.29) is 22.6 Å². The maximum absolute atomic E-state index is 13.0. The van der Waals surface area contributed by atoms with Gasteiger partial charge in [-0.2, -0.15) is 13.2 Å². The van der Waals surface area contributed by atoms with Crippen LogP contribution in [0.25, 0.3) is 0 Å². The molecule has 0 saturated heterocycles. The van der Waals surface area contributed by atoms with Gasteiger partial charge >= 0.3 is 6.18 Å². The molecule has 1 saturated carbocycles. The van der Waals surface area contributed by atoms with Gasteiger partial charge in [-0.3, -0.25) is 9.79 Å². The molecule has 0 radical (unpaired) electrons. The summed E-state index contributed by atoms with van der Waals surface area (Å²) < 4.78 is 38.9. The summed E-state index contributed by atoms with van der Waals surface area (Å²) in [5, 5.41) is 2.96. The molecule has 1 spiro atoms. The Kier molecular flexibility index (Phi) is 4.65. The van der Waals surface area contributed by atoms with Gasteiger partial charge in [-0.1, -0.05) is 32.9 Å². The van der Waals surface area contributed by atoms with Gasteiger partial charge in [-0.15, -0.1) is 0 Å². The third kappa shape index (κ3) is 3.79. The average Bonchev–Trinajstić information content (AvgIpc) is 2.71. The van der Waals surface area contributed by atoms with Gasteiger partial charge < -0.3 is 5.32 Å². The average molecular weight is 366 g/mol. The summed E-state index contributed by atoms with van der Waals surface area (Å²) in [6.07, 6.45) is -0.0111. The van der Waals surface area contributed by atoms with Crippen LogP contribution in [0.5, 0.6) is 0 Å². The van der Waals surface area contributed by atoms with Gasteiger partial charge in [0, 0.05) is 5.56 Å². The number of rotatable bonds is 1. The van der Waals surface area contributed by atoms with Crippen LogP contribution >= 0.6 is 0 Å². The topological polar surface area (TPSA) is 41.5 Å². The highest BCUT2D eigenvalue weighted by Gasteiger charge is 2.42. The van der Waals surface area contributed by atoms with E-state index in [9.17, 15) is 18.0 Å². The molecule has 2 atom stereocenters. The Morgan fingerprint density at radius 1 is 1.15 bits per heavy atom. The Hall–Kier alpha value is -1.85. The molecule has 1 aliphatic carbocycles. The van der Waals surface area contributed by atoms with Crippen molar-refractivity contribution in [3.05, 3.63) is 35.4 Å². The Bertz CT molecular complexity index is 733. The lowest BCUT2D eigenvalue weighted by Crippen LogP contribution is -2.42. The molecule has 0 bridgehead atoms. The van der Waals surface area contributed by atoms with Crippen LogP contribution in [0, 0.1) is 11.3 Å². The third-order valence-electron chi connectivity index (χ3n) is 5.62. The Morgan fingerprint density at radius 2 is 1.88 bits per heavy atom. The van der Waals surface area contributed by atoms with Gasteiger partial charge in [-0.05, 0) is 55.6 Å². The van der Waals surface area contributed by atoms with E-state index in [0.717, 1.165) is 44.2 Å². The first kappa shape index (κ1) is 18.9. The summed E-state index contributed by atoms with van der Waals surface area (Å²) in [7, 11) is 0. The largest absolute Gasteiger partial charge is 0.416 e. The van der Waals surface area contributed by atoms with E-state index >= 15 is 0 Å². The van der Waals surface area contributed by atoms with Crippen LogP contribution in [0.1, 0.15) is 64.0 Å². The molecule has 1 heterocycles. The van der Waals surface area contributed by atoms with Crippen molar-refractivity contribution in [3.8, 4) is 0 Å². The highest BCUT2D eigenvalue weighted by Crippen LogP contribution is 2.41. The van der Waals surface area contributed by atoms with Crippen LogP contribution in [0.3, 0.4) is 0 Å². The first-order valence-electron chi connectivity index (χ1n) is 9.10. The van der Waals surface area contributed by atoms with E-state index < -0.39 is 17.4 Å². The van der Waals surface area contributed by atoms with Crippen molar-refractivity contribution in [1.82, 2.24) is 5.32 Å². The Labute approximate surface area is 152 Å². The van der Waals surface area contributed by atoms with Crippen molar-refractivity contribution >= 4 is 11.6 Å². The van der Waals surface area contributed by atoms with E-state index in [1.807, 2.05) is 0 Å². The lowest BCUT2D eigenvalue weighted by atomic mass is 9.76. The molecular formula is C20H25F3N2O. The van der Waals surface area contributed by atoms with Crippen LogP contribution in [-0.4, -0.2) is 17.3 Å². The van der Waals surface area contributed by atoms with Crippen molar-refractivity contribution in [1.29, 1.82) is 0 Å². The molecule has 1 aromatic carbocycles. The minimum atomic E-state index is -4.44. The van der Waals surface area contributed by atoms with Gasteiger partial charge in [0.15, 0.2) is 0 Å². The quantitative estimate of drug-likeness (QED) is 0.751. The molecule has 1 amide bonds. The second kappa shape index (κ2) is 6.39. The number of nitrogens with one attached hydrogen (secondary N) is 1. The smallest absolute Gasteiger partial charge is 0.326 e. The molecule has 1 fully saturated rings. The minimum Gasteiger partial charge on any atom is -0.326 e. The molecular weight excluding hydrogens is 341 g/mol. The van der Waals surface area contributed by atoms with Gasteiger partial charge in [-0.25, -0.2) is 0 Å². The molecule has 2 aliphatic rings. The van der Waals surface area contributed by atoms with Crippen molar-refractivity contribution < 1.29 is 18.0 Å². The van der Waals surface area contributed by atoms with Gasteiger partial charge in [0.2, 0.25) is 0 Å². The monoisotopic (exact) mass is 366 g/mol. The zero-order valence-electron chi connectivity index (χ0n) is 15.4. The second-order valence-corrected chi connectivity index (χ2v) is 8.52. The third-order valence-corrected chi connectivity index (χ3v) is 5.62. The number of hydrogen-bond acceptors (Lipinski definition) is 2. The van der Waals surface area contributed by atoms with Crippen LogP contribution in [0.2, 0.25) is 0 Å². The Morgan fingerprint density at radius 3 is 2.54 bits per heavy atom. The SMILES string of the molecule is CC(C)(C)C1CCCC2(CC1)N=C(c1cccc(C(F)(F)F)c1)C(=O)N2. The molecule has 1 aliphatic heterocycles. The standard InChI is InChI=1S/C20H25F3N2O/c1-18(2,3)14-8-5-10-19(11-9-14)24-16(17(26)25-19)13-6-4-7-15(12-13)20(21,22)23/h4,6-7,12,14H,5,8-11H2,1-3H3,(H,25,26). The predicted octanol–water partition coefficient (Wildman–Crippen LogP) is 4.95. The molecule has 3 nitrogen and oxygen atoms in total. The fraction of sp³-hybridized carbons (Fsp3) is 0.600. The molecule has 1 N–H and O–H groups in total. The molecule has 2 unspecified atom stereocenters. The summed E-state index contributed by atoms with van der Waals surface area (Å²) in [6.45, 7) is 6.67. The van der Waals surface area contributed by atoms with Gasteiger partial charge in [0.25, 0.3) is 5.91 Å².